The van der Waals surface area contributed by atoms with E-state index in [1.165, 1.54) is 12.0 Å². The molecule has 0 saturated carbocycles. The summed E-state index contributed by atoms with van der Waals surface area (Å²) in [6.07, 6.45) is 0. The number of rotatable bonds is 9. The van der Waals surface area contributed by atoms with Gasteiger partial charge >= 0.3 is 5.97 Å². The van der Waals surface area contributed by atoms with Gasteiger partial charge < -0.3 is 19.5 Å². The summed E-state index contributed by atoms with van der Waals surface area (Å²) >= 11 is 0. The zero-order valence-corrected chi connectivity index (χ0v) is 15.0. The highest BCUT2D eigenvalue weighted by Gasteiger charge is 2.18. The third kappa shape index (κ3) is 5.89. The molecule has 6 heteroatoms. The zero-order chi connectivity index (χ0) is 18.9. The Labute approximate surface area is 153 Å². The Bertz CT molecular complexity index is 759. The summed E-state index contributed by atoms with van der Waals surface area (Å²) in [5, 5.41) is 9.01. The molecule has 0 aromatic heterocycles. The van der Waals surface area contributed by atoms with Crippen molar-refractivity contribution in [1.29, 1.82) is 0 Å². The van der Waals surface area contributed by atoms with Crippen LogP contribution < -0.4 is 4.74 Å². The van der Waals surface area contributed by atoms with Crippen LogP contribution in [-0.2, 0) is 16.1 Å². The van der Waals surface area contributed by atoms with E-state index in [1.54, 1.807) is 24.3 Å². The van der Waals surface area contributed by atoms with E-state index in [4.69, 9.17) is 14.6 Å². The van der Waals surface area contributed by atoms with E-state index in [1.807, 2.05) is 31.2 Å². The number of methoxy groups -OCH3 is 1. The minimum absolute atomic E-state index is 0.204. The van der Waals surface area contributed by atoms with Gasteiger partial charge in [0, 0.05) is 19.2 Å². The number of nitrogens with zero attached hydrogens (tertiary/aromatic N) is 1. The molecule has 2 rings (SSSR count). The lowest BCUT2D eigenvalue weighted by Gasteiger charge is -2.20. The fourth-order valence-electron chi connectivity index (χ4n) is 2.49. The largest absolute Gasteiger partial charge is 0.489 e. The van der Waals surface area contributed by atoms with Gasteiger partial charge in [-0.15, -0.1) is 0 Å². The maximum absolute atomic E-state index is 12.6. The van der Waals surface area contributed by atoms with Gasteiger partial charge in [-0.2, -0.15) is 0 Å². The number of benzene rings is 2. The van der Waals surface area contributed by atoms with Crippen molar-refractivity contribution in [3.05, 3.63) is 65.2 Å². The van der Waals surface area contributed by atoms with E-state index in [-0.39, 0.29) is 25.6 Å². The Morgan fingerprint density at radius 2 is 1.88 bits per heavy atom. The van der Waals surface area contributed by atoms with Crippen LogP contribution in [0.5, 0.6) is 5.75 Å². The summed E-state index contributed by atoms with van der Waals surface area (Å²) in [4.78, 5) is 24.9. The number of hydrogen-bond donors (Lipinski definition) is 1. The predicted octanol–water partition coefficient (Wildman–Crippen LogP) is 2.75. The Kier molecular flexibility index (Phi) is 7.17. The van der Waals surface area contributed by atoms with Crippen molar-refractivity contribution in [3.8, 4) is 5.75 Å². The molecule has 0 heterocycles. The average Bonchev–Trinajstić information content (AvgIpc) is 2.63. The maximum atomic E-state index is 12.6. The molecule has 0 bridgehead atoms. The number of carbonyl (C=O) groups excluding carboxylic acids is 1. The Hall–Kier alpha value is -2.86. The number of ether oxygens (including phenoxy) is 2. The molecule has 1 amide bonds. The fraction of sp³-hybridized carbons (Fsp3) is 0.300. The van der Waals surface area contributed by atoms with Crippen molar-refractivity contribution < 1.29 is 24.2 Å². The van der Waals surface area contributed by atoms with Gasteiger partial charge in [0.15, 0.2) is 0 Å². The molecule has 138 valence electrons. The molecule has 0 aliphatic rings. The first kappa shape index (κ1) is 19.5. The summed E-state index contributed by atoms with van der Waals surface area (Å²) in [5.41, 5.74) is 2.57. The molecule has 0 unspecified atom stereocenters. The summed E-state index contributed by atoms with van der Waals surface area (Å²) < 4.78 is 10.7. The molecule has 6 nitrogen and oxygen atoms in total. The van der Waals surface area contributed by atoms with Crippen molar-refractivity contribution in [2.45, 2.75) is 13.5 Å². The lowest BCUT2D eigenvalue weighted by molar-refractivity contribution is -0.137. The van der Waals surface area contributed by atoms with Crippen molar-refractivity contribution >= 4 is 11.9 Å². The summed E-state index contributed by atoms with van der Waals surface area (Å²) in [6.45, 7) is 2.50. The highest BCUT2D eigenvalue weighted by atomic mass is 16.5. The van der Waals surface area contributed by atoms with Crippen LogP contribution in [0.3, 0.4) is 0 Å². The van der Waals surface area contributed by atoms with E-state index in [2.05, 4.69) is 0 Å². The molecule has 1 N–H and O–H groups in total. The van der Waals surface area contributed by atoms with Crippen molar-refractivity contribution in [2.24, 2.45) is 0 Å². The number of amides is 1. The van der Waals surface area contributed by atoms with E-state index in [9.17, 15) is 9.59 Å². The molecular weight excluding hydrogens is 334 g/mol. The van der Waals surface area contributed by atoms with Crippen molar-refractivity contribution in [2.75, 3.05) is 26.8 Å². The first-order chi connectivity index (χ1) is 12.5. The van der Waals surface area contributed by atoms with Gasteiger partial charge in [0.25, 0.3) is 5.91 Å². The van der Waals surface area contributed by atoms with Crippen LogP contribution in [0.15, 0.2) is 48.5 Å². The molecule has 0 radical (unpaired) electrons. The van der Waals surface area contributed by atoms with Crippen LogP contribution in [0.1, 0.15) is 21.5 Å². The fourth-order valence-corrected chi connectivity index (χ4v) is 2.49. The normalized spacial score (nSPS) is 10.4. The van der Waals surface area contributed by atoms with Gasteiger partial charge in [-0.1, -0.05) is 35.9 Å². The molecule has 0 atom stereocenters. The highest BCUT2D eigenvalue weighted by Crippen LogP contribution is 2.17. The predicted molar refractivity (Wildman–Crippen MR) is 97.4 cm³/mol. The second kappa shape index (κ2) is 9.58. The van der Waals surface area contributed by atoms with Crippen LogP contribution in [0, 0.1) is 6.92 Å². The van der Waals surface area contributed by atoms with Crippen LogP contribution in [0.2, 0.25) is 0 Å². The highest BCUT2D eigenvalue weighted by molar-refractivity contribution is 5.96. The zero-order valence-electron chi connectivity index (χ0n) is 15.0. The minimum Gasteiger partial charge on any atom is -0.489 e. The van der Waals surface area contributed by atoms with E-state index >= 15 is 0 Å². The Morgan fingerprint density at radius 3 is 2.58 bits per heavy atom. The van der Waals surface area contributed by atoms with Gasteiger partial charge in [0.05, 0.1) is 6.61 Å². The summed E-state index contributed by atoms with van der Waals surface area (Å²) in [6, 6.07) is 14.7. The number of aliphatic carboxylic acids is 1. The molecule has 26 heavy (non-hydrogen) atoms. The molecule has 0 saturated heterocycles. The van der Waals surface area contributed by atoms with Crippen molar-refractivity contribution in [1.82, 2.24) is 4.90 Å². The molecular formula is C20H23NO5. The average molecular weight is 357 g/mol. The second-order valence-electron chi connectivity index (χ2n) is 5.92. The van der Waals surface area contributed by atoms with Gasteiger partial charge in [0.1, 0.15) is 18.9 Å². The van der Waals surface area contributed by atoms with Gasteiger partial charge in [0.2, 0.25) is 0 Å². The van der Waals surface area contributed by atoms with Crippen LogP contribution >= 0.6 is 0 Å². The molecule has 0 aliphatic carbocycles. The van der Waals surface area contributed by atoms with Crippen LogP contribution in [0.4, 0.5) is 0 Å². The number of carbonyl (C=O) groups is 2. The third-order valence-corrected chi connectivity index (χ3v) is 3.75. The Balaban J connectivity index is 2.08. The first-order valence-corrected chi connectivity index (χ1v) is 8.28. The molecule has 2 aromatic rings. The molecule has 0 fully saturated rings. The lowest BCUT2D eigenvalue weighted by atomic mass is 10.1. The summed E-state index contributed by atoms with van der Waals surface area (Å²) in [7, 11) is 1.50. The van der Waals surface area contributed by atoms with E-state index < -0.39 is 5.97 Å². The number of carboxylic acids is 1. The smallest absolute Gasteiger partial charge is 0.323 e. The molecule has 2 aromatic carbocycles. The Morgan fingerprint density at radius 1 is 1.12 bits per heavy atom. The standard InChI is InChI=1S/C20H23NO5/c1-15-5-3-6-16(11-15)14-26-18-8-4-7-17(12-18)20(24)21(9-10-25-2)13-19(22)23/h3-8,11-12H,9-10,13-14H2,1-2H3,(H,22,23). The van der Waals surface area contributed by atoms with Crippen LogP contribution in [-0.4, -0.2) is 48.7 Å². The number of hydrogen-bond acceptors (Lipinski definition) is 4. The summed E-state index contributed by atoms with van der Waals surface area (Å²) in [5.74, 6) is -0.883. The van der Waals surface area contributed by atoms with Crippen molar-refractivity contribution in [3.63, 3.8) is 0 Å². The van der Waals surface area contributed by atoms with Crippen LogP contribution in [0.25, 0.3) is 0 Å². The minimum atomic E-state index is -1.07. The second-order valence-corrected chi connectivity index (χ2v) is 5.92. The monoisotopic (exact) mass is 357 g/mol. The van der Waals surface area contributed by atoms with Gasteiger partial charge in [-0.05, 0) is 30.7 Å². The van der Waals surface area contributed by atoms with Gasteiger partial charge in [-0.25, -0.2) is 0 Å². The quantitative estimate of drug-likeness (QED) is 0.747. The number of aryl methyl sites for hydroxylation is 1. The van der Waals surface area contributed by atoms with Gasteiger partial charge in [-0.3, -0.25) is 9.59 Å². The third-order valence-electron chi connectivity index (χ3n) is 3.75. The molecule has 0 aliphatic heterocycles. The molecule has 0 spiro atoms. The number of carboxylic acid groups (broad SMARTS) is 1. The lowest BCUT2D eigenvalue weighted by Crippen LogP contribution is -2.38. The topological polar surface area (TPSA) is 76.1 Å². The van der Waals surface area contributed by atoms with E-state index in [0.717, 1.165) is 11.1 Å². The maximum Gasteiger partial charge on any atom is 0.323 e. The SMILES string of the molecule is COCCN(CC(=O)O)C(=O)c1cccc(OCc2cccc(C)c2)c1. The van der Waals surface area contributed by atoms with E-state index in [0.29, 0.717) is 17.9 Å². The first-order valence-electron chi connectivity index (χ1n) is 8.28.